The SMILES string of the molecule is Cc1ccc(C)c(CC(=O)N2CCN(c3ccccc3F)CC2)c1. The van der Waals surface area contributed by atoms with Crippen molar-refractivity contribution in [2.45, 2.75) is 20.3 Å². The van der Waals surface area contributed by atoms with Crippen LogP contribution in [0.4, 0.5) is 10.1 Å². The van der Waals surface area contributed by atoms with Gasteiger partial charge in [0.15, 0.2) is 0 Å². The summed E-state index contributed by atoms with van der Waals surface area (Å²) in [6.07, 6.45) is 0.438. The first kappa shape index (κ1) is 16.5. The minimum Gasteiger partial charge on any atom is -0.366 e. The van der Waals surface area contributed by atoms with Gasteiger partial charge >= 0.3 is 0 Å². The second-order valence-corrected chi connectivity index (χ2v) is 6.43. The largest absolute Gasteiger partial charge is 0.366 e. The normalized spacial score (nSPS) is 14.8. The highest BCUT2D eigenvalue weighted by Crippen LogP contribution is 2.20. The molecule has 0 atom stereocenters. The lowest BCUT2D eigenvalue weighted by Crippen LogP contribution is -2.49. The minimum atomic E-state index is -0.201. The first-order valence-corrected chi connectivity index (χ1v) is 8.38. The molecule has 1 heterocycles. The van der Waals surface area contributed by atoms with Crippen LogP contribution in [0.1, 0.15) is 16.7 Å². The third kappa shape index (κ3) is 3.58. The van der Waals surface area contributed by atoms with E-state index < -0.39 is 0 Å². The lowest BCUT2D eigenvalue weighted by Gasteiger charge is -2.36. The fourth-order valence-corrected chi connectivity index (χ4v) is 3.17. The number of benzene rings is 2. The van der Waals surface area contributed by atoms with Crippen molar-refractivity contribution < 1.29 is 9.18 Å². The lowest BCUT2D eigenvalue weighted by molar-refractivity contribution is -0.130. The van der Waals surface area contributed by atoms with Crippen LogP contribution in [0.2, 0.25) is 0 Å². The van der Waals surface area contributed by atoms with Gasteiger partial charge in [0.1, 0.15) is 5.82 Å². The number of aryl methyl sites for hydroxylation is 2. The van der Waals surface area contributed by atoms with Crippen molar-refractivity contribution in [2.24, 2.45) is 0 Å². The number of rotatable bonds is 3. The van der Waals surface area contributed by atoms with E-state index in [1.54, 1.807) is 12.1 Å². The third-order valence-corrected chi connectivity index (χ3v) is 4.67. The molecule has 0 N–H and O–H groups in total. The topological polar surface area (TPSA) is 23.6 Å². The number of anilines is 1. The van der Waals surface area contributed by atoms with Gasteiger partial charge in [-0.3, -0.25) is 4.79 Å². The molecule has 24 heavy (non-hydrogen) atoms. The van der Waals surface area contributed by atoms with Gasteiger partial charge in [-0.2, -0.15) is 0 Å². The van der Waals surface area contributed by atoms with E-state index >= 15 is 0 Å². The van der Waals surface area contributed by atoms with E-state index in [1.807, 2.05) is 29.7 Å². The van der Waals surface area contributed by atoms with Gasteiger partial charge in [-0.1, -0.05) is 35.9 Å². The van der Waals surface area contributed by atoms with Crippen LogP contribution in [0, 0.1) is 19.7 Å². The molecule has 0 unspecified atom stereocenters. The van der Waals surface area contributed by atoms with Gasteiger partial charge < -0.3 is 9.80 Å². The van der Waals surface area contributed by atoms with E-state index in [0.717, 1.165) is 11.1 Å². The zero-order valence-corrected chi connectivity index (χ0v) is 14.3. The van der Waals surface area contributed by atoms with Crippen LogP contribution in [0.5, 0.6) is 0 Å². The van der Waals surface area contributed by atoms with Gasteiger partial charge in [0.05, 0.1) is 12.1 Å². The third-order valence-electron chi connectivity index (χ3n) is 4.67. The van der Waals surface area contributed by atoms with E-state index in [-0.39, 0.29) is 11.7 Å². The summed E-state index contributed by atoms with van der Waals surface area (Å²) in [6.45, 7) is 6.69. The highest BCUT2D eigenvalue weighted by molar-refractivity contribution is 5.79. The second-order valence-electron chi connectivity index (χ2n) is 6.43. The van der Waals surface area contributed by atoms with Crippen LogP contribution in [-0.2, 0) is 11.2 Å². The molecule has 1 saturated heterocycles. The van der Waals surface area contributed by atoms with Gasteiger partial charge in [-0.15, -0.1) is 0 Å². The average molecular weight is 326 g/mol. The van der Waals surface area contributed by atoms with Crippen LogP contribution < -0.4 is 4.90 Å². The summed E-state index contributed by atoms with van der Waals surface area (Å²) >= 11 is 0. The van der Waals surface area contributed by atoms with E-state index in [0.29, 0.717) is 38.3 Å². The quantitative estimate of drug-likeness (QED) is 0.864. The zero-order valence-electron chi connectivity index (χ0n) is 14.3. The Hall–Kier alpha value is -2.36. The molecule has 1 aliphatic rings. The van der Waals surface area contributed by atoms with Gasteiger partial charge in [-0.25, -0.2) is 4.39 Å². The summed E-state index contributed by atoms with van der Waals surface area (Å²) in [7, 11) is 0. The fraction of sp³-hybridized carbons (Fsp3) is 0.350. The number of halogens is 1. The van der Waals surface area contributed by atoms with Crippen molar-refractivity contribution in [1.82, 2.24) is 4.90 Å². The van der Waals surface area contributed by atoms with Crippen molar-refractivity contribution in [3.63, 3.8) is 0 Å². The molecule has 3 rings (SSSR count). The highest BCUT2D eigenvalue weighted by atomic mass is 19.1. The van der Waals surface area contributed by atoms with Crippen molar-refractivity contribution >= 4 is 11.6 Å². The molecular weight excluding hydrogens is 303 g/mol. The number of amides is 1. The lowest BCUT2D eigenvalue weighted by atomic mass is 10.0. The molecule has 126 valence electrons. The monoisotopic (exact) mass is 326 g/mol. The van der Waals surface area contributed by atoms with Crippen LogP contribution >= 0.6 is 0 Å². The Morgan fingerprint density at radius 2 is 1.75 bits per heavy atom. The molecule has 3 nitrogen and oxygen atoms in total. The fourth-order valence-electron chi connectivity index (χ4n) is 3.17. The molecule has 0 aromatic heterocycles. The molecule has 0 aliphatic carbocycles. The number of carbonyl (C=O) groups is 1. The first-order chi connectivity index (χ1) is 11.5. The number of hydrogen-bond donors (Lipinski definition) is 0. The smallest absolute Gasteiger partial charge is 0.227 e. The Balaban J connectivity index is 1.61. The maximum Gasteiger partial charge on any atom is 0.227 e. The summed E-state index contributed by atoms with van der Waals surface area (Å²) in [5.74, 6) is -0.0513. The standard InChI is InChI=1S/C20H23FN2O/c1-15-7-8-16(2)17(13-15)14-20(24)23-11-9-22(10-12-23)19-6-4-3-5-18(19)21/h3-8,13H,9-12,14H2,1-2H3. The Morgan fingerprint density at radius 1 is 1.04 bits per heavy atom. The summed E-state index contributed by atoms with van der Waals surface area (Å²) in [4.78, 5) is 16.5. The molecule has 2 aromatic carbocycles. The number of hydrogen-bond acceptors (Lipinski definition) is 2. The van der Waals surface area contributed by atoms with Gasteiger partial charge in [0, 0.05) is 26.2 Å². The highest BCUT2D eigenvalue weighted by Gasteiger charge is 2.23. The van der Waals surface area contributed by atoms with Gasteiger partial charge in [-0.05, 0) is 37.1 Å². The molecule has 0 radical (unpaired) electrons. The zero-order chi connectivity index (χ0) is 17.1. The van der Waals surface area contributed by atoms with E-state index in [9.17, 15) is 9.18 Å². The Kier molecular flexibility index (Phi) is 4.84. The number of nitrogens with zero attached hydrogens (tertiary/aromatic N) is 2. The van der Waals surface area contributed by atoms with Crippen molar-refractivity contribution in [3.05, 3.63) is 65.0 Å². The van der Waals surface area contributed by atoms with E-state index in [4.69, 9.17) is 0 Å². The molecule has 1 aliphatic heterocycles. The Labute approximate surface area is 142 Å². The summed E-state index contributed by atoms with van der Waals surface area (Å²) in [5.41, 5.74) is 4.04. The first-order valence-electron chi connectivity index (χ1n) is 8.38. The van der Waals surface area contributed by atoms with E-state index in [1.165, 1.54) is 11.6 Å². The van der Waals surface area contributed by atoms with Crippen molar-refractivity contribution in [3.8, 4) is 0 Å². The van der Waals surface area contributed by atoms with Crippen molar-refractivity contribution in [1.29, 1.82) is 0 Å². The molecule has 0 saturated carbocycles. The Bertz CT molecular complexity index is 736. The van der Waals surface area contributed by atoms with E-state index in [2.05, 4.69) is 18.2 Å². The van der Waals surface area contributed by atoms with Gasteiger partial charge in [0.25, 0.3) is 0 Å². The van der Waals surface area contributed by atoms with Crippen LogP contribution in [0.3, 0.4) is 0 Å². The summed E-state index contributed by atoms with van der Waals surface area (Å²) < 4.78 is 13.9. The minimum absolute atomic E-state index is 0.150. The number of para-hydroxylation sites is 1. The molecule has 1 amide bonds. The van der Waals surface area contributed by atoms with Crippen molar-refractivity contribution in [2.75, 3.05) is 31.1 Å². The maximum absolute atomic E-state index is 13.9. The summed E-state index contributed by atoms with van der Waals surface area (Å²) in [5, 5.41) is 0. The van der Waals surface area contributed by atoms with Crippen LogP contribution in [-0.4, -0.2) is 37.0 Å². The van der Waals surface area contributed by atoms with Crippen LogP contribution in [0.15, 0.2) is 42.5 Å². The maximum atomic E-state index is 13.9. The molecule has 2 aromatic rings. The molecular formula is C20H23FN2O. The Morgan fingerprint density at radius 3 is 2.46 bits per heavy atom. The molecule has 1 fully saturated rings. The predicted octanol–water partition coefficient (Wildman–Crippen LogP) is 3.33. The van der Waals surface area contributed by atoms with Crippen LogP contribution in [0.25, 0.3) is 0 Å². The molecule has 0 bridgehead atoms. The van der Waals surface area contributed by atoms with Gasteiger partial charge in [0.2, 0.25) is 5.91 Å². The number of piperazine rings is 1. The number of carbonyl (C=O) groups excluding carboxylic acids is 1. The second kappa shape index (κ2) is 7.04. The predicted molar refractivity (Wildman–Crippen MR) is 94.8 cm³/mol. The average Bonchev–Trinajstić information content (AvgIpc) is 2.59. The molecule has 0 spiro atoms. The summed E-state index contributed by atoms with van der Waals surface area (Å²) in [6, 6.07) is 13.0. The molecule has 4 heteroatoms.